The number of likely N-dealkylation sites (tertiary alicyclic amines) is 1. The van der Waals surface area contributed by atoms with Gasteiger partial charge in [-0.05, 0) is 32.0 Å². The van der Waals surface area contributed by atoms with Crippen LogP contribution in [0.2, 0.25) is 0 Å². The van der Waals surface area contributed by atoms with Crippen LogP contribution in [-0.4, -0.2) is 40.4 Å². The summed E-state index contributed by atoms with van der Waals surface area (Å²) in [6.45, 7) is 3.29. The van der Waals surface area contributed by atoms with E-state index in [-0.39, 0.29) is 43.0 Å². The smallest absolute Gasteiger partial charge is 0.286 e. The van der Waals surface area contributed by atoms with Gasteiger partial charge in [0.2, 0.25) is 5.82 Å². The predicted molar refractivity (Wildman–Crippen MR) is 104 cm³/mol. The Morgan fingerprint density at radius 3 is 2.38 bits per heavy atom. The van der Waals surface area contributed by atoms with Crippen molar-refractivity contribution >= 4 is 54.0 Å². The highest BCUT2D eigenvalue weighted by molar-refractivity contribution is 5.92. The topological polar surface area (TPSA) is 72.1 Å². The van der Waals surface area contributed by atoms with Crippen molar-refractivity contribution in [3.05, 3.63) is 35.8 Å². The number of nitrogens with two attached hydrogens (primary N) is 1. The van der Waals surface area contributed by atoms with Crippen LogP contribution < -0.4 is 5.73 Å². The summed E-state index contributed by atoms with van der Waals surface area (Å²) in [6.07, 6.45) is 4.70. The zero-order valence-corrected chi connectivity index (χ0v) is 15.8. The molecule has 1 saturated heterocycles. The van der Waals surface area contributed by atoms with E-state index in [2.05, 4.69) is 14.9 Å². The summed E-state index contributed by atoms with van der Waals surface area (Å²) in [5.74, 6) is -0.456. The lowest BCUT2D eigenvalue weighted by molar-refractivity contribution is 0.0990. The number of hydrogen-bond acceptors (Lipinski definition) is 4. The van der Waals surface area contributed by atoms with Gasteiger partial charge in [-0.25, -0.2) is 9.97 Å². The number of primary amides is 1. The molecule has 0 saturated carbocycles. The molecule has 1 aromatic carbocycles. The molecule has 1 aliphatic heterocycles. The van der Waals surface area contributed by atoms with Crippen LogP contribution in [0.5, 0.6) is 0 Å². The fraction of sp³-hybridized carbons (Fsp3) is 0.438. The molecule has 3 rings (SSSR count). The van der Waals surface area contributed by atoms with E-state index in [1.807, 2.05) is 24.3 Å². The third-order valence-electron chi connectivity index (χ3n) is 4.02. The summed E-state index contributed by atoms with van der Waals surface area (Å²) in [5, 5.41) is 1.01. The maximum absolute atomic E-state index is 11.4. The molecule has 24 heavy (non-hydrogen) atoms. The van der Waals surface area contributed by atoms with Gasteiger partial charge in [-0.2, -0.15) is 0 Å². The zero-order chi connectivity index (χ0) is 14.7. The number of fused-ring (bicyclic) bond motifs is 1. The molecule has 0 spiro atoms. The van der Waals surface area contributed by atoms with E-state index in [1.165, 1.54) is 19.3 Å². The van der Waals surface area contributed by atoms with Gasteiger partial charge in [0.05, 0.1) is 11.2 Å². The lowest BCUT2D eigenvalue weighted by Crippen LogP contribution is -2.31. The summed E-state index contributed by atoms with van der Waals surface area (Å²) in [4.78, 5) is 22.5. The van der Waals surface area contributed by atoms with Crippen LogP contribution >= 0.6 is 37.2 Å². The van der Waals surface area contributed by atoms with Crippen molar-refractivity contribution in [2.45, 2.75) is 25.7 Å². The summed E-state index contributed by atoms with van der Waals surface area (Å²) < 4.78 is 0. The number of halogens is 3. The molecule has 2 heterocycles. The SMILES string of the molecule is Cl.Cl.Cl.NC(=O)c1nc(CCN2CCCCC2)c2ccccc2n1. The highest BCUT2D eigenvalue weighted by Gasteiger charge is 2.14. The van der Waals surface area contributed by atoms with E-state index in [0.29, 0.717) is 0 Å². The Labute approximate surface area is 160 Å². The third-order valence-corrected chi connectivity index (χ3v) is 4.02. The largest absolute Gasteiger partial charge is 0.363 e. The molecule has 1 fully saturated rings. The molecule has 8 heteroatoms. The number of para-hydroxylation sites is 1. The molecule has 5 nitrogen and oxygen atoms in total. The summed E-state index contributed by atoms with van der Waals surface area (Å²) in [7, 11) is 0. The van der Waals surface area contributed by atoms with Crippen molar-refractivity contribution < 1.29 is 4.79 Å². The molecule has 0 bridgehead atoms. The van der Waals surface area contributed by atoms with Gasteiger partial charge < -0.3 is 10.6 Å². The fourth-order valence-corrected chi connectivity index (χ4v) is 2.89. The van der Waals surface area contributed by atoms with Gasteiger partial charge in [-0.1, -0.05) is 24.6 Å². The van der Waals surface area contributed by atoms with Crippen molar-refractivity contribution in [3.63, 3.8) is 0 Å². The van der Waals surface area contributed by atoms with Crippen molar-refractivity contribution in [1.29, 1.82) is 0 Å². The van der Waals surface area contributed by atoms with E-state index in [0.717, 1.165) is 42.7 Å². The molecule has 134 valence electrons. The number of aromatic nitrogens is 2. The number of rotatable bonds is 4. The first kappa shape index (κ1) is 22.9. The van der Waals surface area contributed by atoms with E-state index >= 15 is 0 Å². The van der Waals surface area contributed by atoms with E-state index < -0.39 is 5.91 Å². The van der Waals surface area contributed by atoms with Gasteiger partial charge in [0.15, 0.2) is 0 Å². The van der Waals surface area contributed by atoms with E-state index in [1.54, 1.807) is 0 Å². The number of hydrogen-bond donors (Lipinski definition) is 1. The first-order valence-corrected chi connectivity index (χ1v) is 7.52. The minimum atomic E-state index is -0.569. The lowest BCUT2D eigenvalue weighted by Gasteiger charge is -2.26. The van der Waals surface area contributed by atoms with Crippen LogP contribution in [0.1, 0.15) is 35.6 Å². The van der Waals surface area contributed by atoms with Gasteiger partial charge in [0.1, 0.15) is 0 Å². The quantitative estimate of drug-likeness (QED) is 0.866. The summed E-state index contributed by atoms with van der Waals surface area (Å²) in [6, 6.07) is 7.79. The maximum atomic E-state index is 11.4. The average Bonchev–Trinajstić information content (AvgIpc) is 2.53. The molecule has 0 atom stereocenters. The molecule has 2 N–H and O–H groups in total. The van der Waals surface area contributed by atoms with Gasteiger partial charge >= 0.3 is 0 Å². The lowest BCUT2D eigenvalue weighted by atomic mass is 10.1. The average molecular weight is 394 g/mol. The Hall–Kier alpha value is -1.14. The van der Waals surface area contributed by atoms with Crippen LogP contribution in [-0.2, 0) is 6.42 Å². The number of nitrogens with zero attached hydrogens (tertiary/aromatic N) is 3. The van der Waals surface area contributed by atoms with Gasteiger partial charge in [-0.15, -0.1) is 37.2 Å². The normalized spacial score (nSPS) is 14.2. The van der Waals surface area contributed by atoms with Crippen LogP contribution in [0.4, 0.5) is 0 Å². The molecular formula is C16H23Cl3N4O. The molecule has 1 amide bonds. The Balaban J connectivity index is 0.00000176. The molecule has 1 aliphatic rings. The van der Waals surface area contributed by atoms with Gasteiger partial charge in [0.25, 0.3) is 5.91 Å². The predicted octanol–water partition coefficient (Wildman–Crippen LogP) is 3.02. The van der Waals surface area contributed by atoms with Crippen molar-refractivity contribution in [3.8, 4) is 0 Å². The van der Waals surface area contributed by atoms with Gasteiger partial charge in [0, 0.05) is 18.4 Å². The zero-order valence-electron chi connectivity index (χ0n) is 13.3. The number of amides is 1. The molecule has 0 radical (unpaired) electrons. The third kappa shape index (κ3) is 5.45. The highest BCUT2D eigenvalue weighted by atomic mass is 35.5. The molecule has 0 unspecified atom stereocenters. The molecular weight excluding hydrogens is 371 g/mol. The summed E-state index contributed by atoms with van der Waals surface area (Å²) >= 11 is 0. The van der Waals surface area contributed by atoms with Crippen molar-refractivity contribution in [2.75, 3.05) is 19.6 Å². The second kappa shape index (κ2) is 10.7. The van der Waals surface area contributed by atoms with Crippen molar-refractivity contribution in [1.82, 2.24) is 14.9 Å². The second-order valence-corrected chi connectivity index (χ2v) is 5.53. The Morgan fingerprint density at radius 2 is 1.71 bits per heavy atom. The monoisotopic (exact) mass is 392 g/mol. The fourth-order valence-electron chi connectivity index (χ4n) is 2.89. The van der Waals surface area contributed by atoms with Crippen LogP contribution in [0.15, 0.2) is 24.3 Å². The van der Waals surface area contributed by atoms with Crippen LogP contribution in [0.25, 0.3) is 10.9 Å². The highest BCUT2D eigenvalue weighted by Crippen LogP contribution is 2.17. The number of benzene rings is 1. The second-order valence-electron chi connectivity index (χ2n) is 5.53. The minimum Gasteiger partial charge on any atom is -0.363 e. The summed E-state index contributed by atoms with van der Waals surface area (Å²) in [5.41, 5.74) is 7.04. The first-order valence-electron chi connectivity index (χ1n) is 7.52. The minimum absolute atomic E-state index is 0. The Morgan fingerprint density at radius 1 is 1.04 bits per heavy atom. The maximum Gasteiger partial charge on any atom is 0.286 e. The van der Waals surface area contributed by atoms with Gasteiger partial charge in [-0.3, -0.25) is 4.79 Å². The van der Waals surface area contributed by atoms with E-state index in [4.69, 9.17) is 5.73 Å². The molecule has 2 aromatic rings. The van der Waals surface area contributed by atoms with Crippen LogP contribution in [0, 0.1) is 0 Å². The van der Waals surface area contributed by atoms with Crippen molar-refractivity contribution in [2.24, 2.45) is 5.73 Å². The van der Waals surface area contributed by atoms with E-state index in [9.17, 15) is 4.79 Å². The number of carbonyl (C=O) groups is 1. The molecule has 0 aliphatic carbocycles. The molecule has 1 aromatic heterocycles. The number of carbonyl (C=O) groups excluding carboxylic acids is 1. The first-order chi connectivity index (χ1) is 10.2. The Bertz CT molecular complexity index is 663. The standard InChI is InChI=1S/C16H20N4O.3ClH/c17-15(21)16-18-13-7-3-2-6-12(13)14(19-16)8-11-20-9-4-1-5-10-20;;;/h2-3,6-7H,1,4-5,8-11H2,(H2,17,21);3*1H. The number of piperidine rings is 1. The van der Waals surface area contributed by atoms with Crippen LogP contribution in [0.3, 0.4) is 0 Å². The Kier molecular flexibility index (Phi) is 10.2.